The lowest BCUT2D eigenvalue weighted by Crippen LogP contribution is -2.33. The Labute approximate surface area is 205 Å². The number of carbonyl (C=O) groups excluding carboxylic acids is 1. The molecule has 3 aromatic rings. The van der Waals surface area contributed by atoms with Crippen LogP contribution in [-0.4, -0.2) is 34.3 Å². The van der Waals surface area contributed by atoms with Crippen LogP contribution in [0, 0.1) is 0 Å². The van der Waals surface area contributed by atoms with Gasteiger partial charge in [0.25, 0.3) is 5.91 Å². The number of alkyl halides is 1. The summed E-state index contributed by atoms with van der Waals surface area (Å²) in [6.45, 7) is 5.78. The molecule has 0 radical (unpaired) electrons. The number of benzene rings is 1. The number of carbonyl (C=O) groups is 1. The molecule has 1 aromatic carbocycles. The lowest BCUT2D eigenvalue weighted by atomic mass is 10.1. The number of hydrogen-bond acceptors (Lipinski definition) is 6. The minimum atomic E-state index is -0.607. The van der Waals surface area contributed by atoms with Gasteiger partial charge in [-0.1, -0.05) is 37.2 Å². The zero-order valence-electron chi connectivity index (χ0n) is 20.3. The van der Waals surface area contributed by atoms with E-state index in [2.05, 4.69) is 28.6 Å². The largest absolute Gasteiger partial charge is 0.441 e. The second-order valence-corrected chi connectivity index (χ2v) is 9.05. The summed E-state index contributed by atoms with van der Waals surface area (Å²) in [6.07, 6.45) is 9.05. The molecule has 4 rings (SSSR count). The van der Waals surface area contributed by atoms with Gasteiger partial charge in [0, 0.05) is 48.5 Å². The molecule has 0 aliphatic heterocycles. The molecule has 0 atom stereocenters. The lowest BCUT2D eigenvalue weighted by Gasteiger charge is -2.24. The molecule has 7 nitrogen and oxygen atoms in total. The van der Waals surface area contributed by atoms with E-state index in [4.69, 9.17) is 8.94 Å². The zero-order valence-corrected chi connectivity index (χ0v) is 20.3. The van der Waals surface area contributed by atoms with Gasteiger partial charge in [0.15, 0.2) is 17.5 Å². The molecule has 1 saturated carbocycles. The van der Waals surface area contributed by atoms with E-state index in [9.17, 15) is 9.18 Å². The number of aromatic nitrogens is 3. The van der Waals surface area contributed by atoms with E-state index in [-0.39, 0.29) is 17.9 Å². The quantitative estimate of drug-likeness (QED) is 0.201. The van der Waals surface area contributed by atoms with Gasteiger partial charge in [-0.05, 0) is 44.2 Å². The van der Waals surface area contributed by atoms with Crippen LogP contribution in [-0.2, 0) is 17.6 Å². The summed E-state index contributed by atoms with van der Waals surface area (Å²) >= 11 is 0. The van der Waals surface area contributed by atoms with E-state index in [1.807, 2.05) is 24.3 Å². The average Bonchev–Trinajstić information content (AvgIpc) is 3.42. The maximum absolute atomic E-state index is 13.1. The standard InChI is InChI=1S/C27H33FN4O3/c1-3-8-24-29-18-23(34-24)21-9-7-10-22(17-21)32(27(33)19(2)14-15-28)16-6-4-5-11-25-30-26(31-35-25)20-12-13-20/h7,9-10,17-18,20H,2-6,8,11-16H2,1H3. The van der Waals surface area contributed by atoms with Crippen molar-refractivity contribution in [3.63, 3.8) is 0 Å². The molecule has 0 unspecified atom stereocenters. The molecule has 2 aromatic heterocycles. The van der Waals surface area contributed by atoms with Gasteiger partial charge < -0.3 is 13.8 Å². The van der Waals surface area contributed by atoms with E-state index >= 15 is 0 Å². The number of rotatable bonds is 14. The van der Waals surface area contributed by atoms with Crippen LogP contribution in [0.2, 0.25) is 0 Å². The highest BCUT2D eigenvalue weighted by molar-refractivity contribution is 6.05. The summed E-state index contributed by atoms with van der Waals surface area (Å²) in [4.78, 5) is 23.6. The van der Waals surface area contributed by atoms with E-state index in [0.717, 1.165) is 68.4 Å². The summed E-state index contributed by atoms with van der Waals surface area (Å²) in [5.41, 5.74) is 1.84. The van der Waals surface area contributed by atoms with Crippen LogP contribution in [0.25, 0.3) is 11.3 Å². The number of aryl methyl sites for hydroxylation is 2. The summed E-state index contributed by atoms with van der Waals surface area (Å²) in [7, 11) is 0. The van der Waals surface area contributed by atoms with Crippen molar-refractivity contribution in [1.82, 2.24) is 15.1 Å². The Morgan fingerprint density at radius 3 is 2.83 bits per heavy atom. The van der Waals surface area contributed by atoms with Crippen LogP contribution in [0.15, 0.2) is 51.6 Å². The van der Waals surface area contributed by atoms with Crippen LogP contribution in [0.3, 0.4) is 0 Å². The fourth-order valence-corrected chi connectivity index (χ4v) is 3.96. The molecular formula is C27H33FN4O3. The first kappa shape index (κ1) is 24.8. The van der Waals surface area contributed by atoms with E-state index in [1.54, 1.807) is 11.1 Å². The van der Waals surface area contributed by atoms with Crippen LogP contribution >= 0.6 is 0 Å². The number of hydrogen-bond donors (Lipinski definition) is 0. The molecule has 35 heavy (non-hydrogen) atoms. The predicted octanol–water partition coefficient (Wildman–Crippen LogP) is 6.22. The van der Waals surface area contributed by atoms with Crippen LogP contribution in [0.5, 0.6) is 0 Å². The molecule has 186 valence electrons. The fourth-order valence-electron chi connectivity index (χ4n) is 3.96. The smallest absolute Gasteiger partial charge is 0.253 e. The Hall–Kier alpha value is -3.29. The SMILES string of the molecule is C=C(CCF)C(=O)N(CCCCCc1nc(C2CC2)no1)c1cccc(-c2cnc(CCC)o2)c1. The number of nitrogens with zero attached hydrogens (tertiary/aromatic N) is 4. The highest BCUT2D eigenvalue weighted by Crippen LogP contribution is 2.38. The Morgan fingerprint density at radius 2 is 2.06 bits per heavy atom. The van der Waals surface area contributed by atoms with Gasteiger partial charge in [-0.25, -0.2) is 4.98 Å². The Morgan fingerprint density at radius 1 is 1.20 bits per heavy atom. The second-order valence-electron chi connectivity index (χ2n) is 9.05. The van der Waals surface area contributed by atoms with Gasteiger partial charge in [-0.15, -0.1) is 0 Å². The van der Waals surface area contributed by atoms with Gasteiger partial charge >= 0.3 is 0 Å². The van der Waals surface area contributed by atoms with Crippen molar-refractivity contribution < 1.29 is 18.1 Å². The Balaban J connectivity index is 1.39. The van der Waals surface area contributed by atoms with Gasteiger partial charge in [0.2, 0.25) is 5.89 Å². The Kier molecular flexibility index (Phi) is 8.45. The maximum Gasteiger partial charge on any atom is 0.253 e. The van der Waals surface area contributed by atoms with Crippen molar-refractivity contribution in [2.24, 2.45) is 0 Å². The highest BCUT2D eigenvalue weighted by atomic mass is 19.1. The minimum absolute atomic E-state index is 0.0258. The topological polar surface area (TPSA) is 85.3 Å². The summed E-state index contributed by atoms with van der Waals surface area (Å²) in [6, 6.07) is 7.61. The molecule has 0 N–H and O–H groups in total. The number of unbranched alkanes of at least 4 members (excludes halogenated alkanes) is 2. The number of oxazole rings is 1. The second kappa shape index (κ2) is 11.9. The van der Waals surface area contributed by atoms with Gasteiger partial charge in [0.1, 0.15) is 0 Å². The zero-order chi connectivity index (χ0) is 24.6. The first-order valence-corrected chi connectivity index (χ1v) is 12.5. The van der Waals surface area contributed by atoms with Crippen LogP contribution in [0.4, 0.5) is 10.1 Å². The number of halogens is 1. The van der Waals surface area contributed by atoms with Crippen LogP contribution < -0.4 is 4.90 Å². The van der Waals surface area contributed by atoms with E-state index < -0.39 is 6.67 Å². The molecule has 0 spiro atoms. The van der Waals surface area contributed by atoms with Crippen molar-refractivity contribution in [3.05, 3.63) is 60.2 Å². The van der Waals surface area contributed by atoms with Crippen molar-refractivity contribution in [1.29, 1.82) is 0 Å². The molecular weight excluding hydrogens is 447 g/mol. The number of amides is 1. The van der Waals surface area contributed by atoms with E-state index in [1.165, 1.54) is 0 Å². The third kappa shape index (κ3) is 6.65. The first-order chi connectivity index (χ1) is 17.1. The summed E-state index contributed by atoms with van der Waals surface area (Å²) in [5.74, 6) is 3.10. The maximum atomic E-state index is 13.1. The van der Waals surface area contributed by atoms with Gasteiger partial charge in [-0.2, -0.15) is 4.98 Å². The molecule has 1 amide bonds. The molecule has 2 heterocycles. The Bertz CT molecular complexity index is 1130. The third-order valence-electron chi connectivity index (χ3n) is 6.10. The lowest BCUT2D eigenvalue weighted by molar-refractivity contribution is -0.115. The summed E-state index contributed by atoms with van der Waals surface area (Å²) < 4.78 is 24.1. The van der Waals surface area contributed by atoms with Crippen molar-refractivity contribution >= 4 is 11.6 Å². The molecule has 1 fully saturated rings. The third-order valence-corrected chi connectivity index (χ3v) is 6.10. The molecule has 0 bridgehead atoms. The fraction of sp³-hybridized carbons (Fsp3) is 0.481. The predicted molar refractivity (Wildman–Crippen MR) is 132 cm³/mol. The van der Waals surface area contributed by atoms with Crippen molar-refractivity contribution in [2.45, 2.75) is 70.6 Å². The highest BCUT2D eigenvalue weighted by Gasteiger charge is 2.28. The molecule has 1 aliphatic carbocycles. The molecule has 0 saturated heterocycles. The van der Waals surface area contributed by atoms with Crippen molar-refractivity contribution in [3.8, 4) is 11.3 Å². The van der Waals surface area contributed by atoms with Gasteiger partial charge in [0.05, 0.1) is 12.9 Å². The van der Waals surface area contributed by atoms with E-state index in [0.29, 0.717) is 30.0 Å². The average molecular weight is 481 g/mol. The number of anilines is 1. The molecule has 8 heteroatoms. The summed E-state index contributed by atoms with van der Waals surface area (Å²) in [5, 5.41) is 4.06. The first-order valence-electron chi connectivity index (χ1n) is 12.5. The van der Waals surface area contributed by atoms with Crippen molar-refractivity contribution in [2.75, 3.05) is 18.1 Å². The minimum Gasteiger partial charge on any atom is -0.441 e. The monoisotopic (exact) mass is 480 g/mol. The molecule has 1 aliphatic rings. The van der Waals surface area contributed by atoms with Crippen LogP contribution in [0.1, 0.15) is 75.4 Å². The normalized spacial score (nSPS) is 13.2. The van der Waals surface area contributed by atoms with Gasteiger partial charge in [-0.3, -0.25) is 9.18 Å².